The highest BCUT2D eigenvalue weighted by Crippen LogP contribution is 2.38. The molecule has 10 aromatic rings. The Morgan fingerprint density at radius 1 is 0.319 bits per heavy atom. The molecule has 3 heterocycles. The van der Waals surface area contributed by atoms with Gasteiger partial charge in [-0.2, -0.15) is 0 Å². The van der Waals surface area contributed by atoms with E-state index >= 15 is 0 Å². The van der Waals surface area contributed by atoms with E-state index in [0.717, 1.165) is 45.0 Å². The molecule has 10 rings (SSSR count). The summed E-state index contributed by atoms with van der Waals surface area (Å²) in [5.74, 6) is 0.920. The molecule has 4 heteroatoms. The number of fused-ring (bicyclic) bond motifs is 7. The SMILES string of the molecule is c1ccc(-n2c(-c3ccc(-n4c5ccccc5c5ccccc54)cc3)nc3cc4c(cc32)c2ccccc2n4-c2ccccc2)cc1. The van der Waals surface area contributed by atoms with Gasteiger partial charge < -0.3 is 9.13 Å². The number of imidazole rings is 1. The summed E-state index contributed by atoms with van der Waals surface area (Å²) < 4.78 is 7.01. The molecule has 0 aliphatic heterocycles. The minimum Gasteiger partial charge on any atom is -0.309 e. The predicted octanol–water partition coefficient (Wildman–Crippen LogP) is 10.9. The van der Waals surface area contributed by atoms with Crippen molar-refractivity contribution in [1.29, 1.82) is 0 Å². The van der Waals surface area contributed by atoms with Crippen LogP contribution in [-0.4, -0.2) is 18.7 Å². The average Bonchev–Trinajstić information content (AvgIpc) is 3.79. The summed E-state index contributed by atoms with van der Waals surface area (Å²) in [6, 6.07) is 60.5. The zero-order valence-corrected chi connectivity index (χ0v) is 25.5. The summed E-state index contributed by atoms with van der Waals surface area (Å²) >= 11 is 0. The summed E-state index contributed by atoms with van der Waals surface area (Å²) in [5, 5.41) is 4.96. The number of rotatable bonds is 4. The van der Waals surface area contributed by atoms with Gasteiger partial charge in [0.2, 0.25) is 0 Å². The van der Waals surface area contributed by atoms with Crippen molar-refractivity contribution in [2.45, 2.75) is 0 Å². The summed E-state index contributed by atoms with van der Waals surface area (Å²) in [5.41, 5.74) is 11.2. The average molecular weight is 601 g/mol. The van der Waals surface area contributed by atoms with Crippen LogP contribution >= 0.6 is 0 Å². The first kappa shape index (κ1) is 25.9. The van der Waals surface area contributed by atoms with Crippen LogP contribution in [0, 0.1) is 0 Å². The maximum absolute atomic E-state index is 5.35. The second-order valence-electron chi connectivity index (χ2n) is 12.1. The van der Waals surface area contributed by atoms with Gasteiger partial charge in [0.25, 0.3) is 0 Å². The summed E-state index contributed by atoms with van der Waals surface area (Å²) in [4.78, 5) is 5.35. The predicted molar refractivity (Wildman–Crippen MR) is 195 cm³/mol. The second kappa shape index (κ2) is 10.1. The molecule has 0 saturated heterocycles. The maximum atomic E-state index is 5.35. The Bertz CT molecular complexity index is 2710. The first-order valence-corrected chi connectivity index (χ1v) is 16.0. The molecule has 0 saturated carbocycles. The molecular weight excluding hydrogens is 573 g/mol. The first-order chi connectivity index (χ1) is 23.3. The molecule has 220 valence electrons. The Labute approximate surface area is 271 Å². The fraction of sp³-hybridized carbons (Fsp3) is 0. The highest BCUT2D eigenvalue weighted by atomic mass is 15.1. The molecule has 0 fully saturated rings. The maximum Gasteiger partial charge on any atom is 0.145 e. The monoisotopic (exact) mass is 600 g/mol. The number of hydrogen-bond donors (Lipinski definition) is 0. The Balaban J connectivity index is 1.21. The molecule has 0 spiro atoms. The van der Waals surface area contributed by atoms with E-state index in [2.05, 4.69) is 184 Å². The van der Waals surface area contributed by atoms with Crippen LogP contribution in [0.25, 0.3) is 83.1 Å². The zero-order valence-electron chi connectivity index (χ0n) is 25.5. The molecule has 0 N–H and O–H groups in total. The topological polar surface area (TPSA) is 27.7 Å². The summed E-state index contributed by atoms with van der Waals surface area (Å²) in [7, 11) is 0. The molecule has 47 heavy (non-hydrogen) atoms. The molecule has 7 aromatic carbocycles. The van der Waals surface area contributed by atoms with E-state index in [9.17, 15) is 0 Å². The molecule has 0 bridgehead atoms. The highest BCUT2D eigenvalue weighted by molar-refractivity contribution is 6.13. The van der Waals surface area contributed by atoms with Gasteiger partial charge in [-0.3, -0.25) is 4.57 Å². The van der Waals surface area contributed by atoms with Crippen molar-refractivity contribution >= 4 is 54.6 Å². The smallest absolute Gasteiger partial charge is 0.145 e. The van der Waals surface area contributed by atoms with E-state index in [1.54, 1.807) is 0 Å². The van der Waals surface area contributed by atoms with Crippen molar-refractivity contribution in [3.8, 4) is 28.5 Å². The summed E-state index contributed by atoms with van der Waals surface area (Å²) in [6.07, 6.45) is 0. The van der Waals surface area contributed by atoms with Gasteiger partial charge >= 0.3 is 0 Å². The Kier molecular flexibility index (Phi) is 5.54. The van der Waals surface area contributed by atoms with Gasteiger partial charge in [-0.25, -0.2) is 4.98 Å². The van der Waals surface area contributed by atoms with Crippen LogP contribution in [0.2, 0.25) is 0 Å². The van der Waals surface area contributed by atoms with Crippen LogP contribution in [-0.2, 0) is 0 Å². The number of benzene rings is 7. The van der Waals surface area contributed by atoms with Crippen molar-refractivity contribution in [2.75, 3.05) is 0 Å². The van der Waals surface area contributed by atoms with E-state index in [-0.39, 0.29) is 0 Å². The molecule has 0 amide bonds. The fourth-order valence-corrected chi connectivity index (χ4v) is 7.39. The largest absolute Gasteiger partial charge is 0.309 e. The minimum atomic E-state index is 0.920. The molecule has 0 aliphatic carbocycles. The number of hydrogen-bond acceptors (Lipinski definition) is 1. The van der Waals surface area contributed by atoms with Gasteiger partial charge in [0, 0.05) is 44.2 Å². The van der Waals surface area contributed by atoms with Crippen LogP contribution in [0.3, 0.4) is 0 Å². The fourth-order valence-electron chi connectivity index (χ4n) is 7.39. The van der Waals surface area contributed by atoms with Crippen molar-refractivity contribution in [3.05, 3.63) is 170 Å². The zero-order chi connectivity index (χ0) is 30.9. The van der Waals surface area contributed by atoms with E-state index in [1.807, 2.05) is 0 Å². The van der Waals surface area contributed by atoms with Crippen molar-refractivity contribution in [3.63, 3.8) is 0 Å². The molecule has 0 radical (unpaired) electrons. The van der Waals surface area contributed by atoms with Gasteiger partial charge in [-0.1, -0.05) is 91.0 Å². The molecule has 0 aliphatic rings. The Morgan fingerprint density at radius 2 is 0.766 bits per heavy atom. The lowest BCUT2D eigenvalue weighted by Crippen LogP contribution is -1.98. The third kappa shape index (κ3) is 3.85. The van der Waals surface area contributed by atoms with Gasteiger partial charge in [-0.15, -0.1) is 0 Å². The lowest BCUT2D eigenvalue weighted by molar-refractivity contribution is 1.10. The van der Waals surface area contributed by atoms with Crippen molar-refractivity contribution in [2.24, 2.45) is 0 Å². The van der Waals surface area contributed by atoms with Crippen molar-refractivity contribution < 1.29 is 0 Å². The minimum absolute atomic E-state index is 0.920. The lowest BCUT2D eigenvalue weighted by atomic mass is 10.1. The Morgan fingerprint density at radius 3 is 1.34 bits per heavy atom. The van der Waals surface area contributed by atoms with Gasteiger partial charge in [0.15, 0.2) is 0 Å². The van der Waals surface area contributed by atoms with Crippen LogP contribution in [0.1, 0.15) is 0 Å². The van der Waals surface area contributed by atoms with Gasteiger partial charge in [0.05, 0.1) is 33.1 Å². The summed E-state index contributed by atoms with van der Waals surface area (Å²) in [6.45, 7) is 0. The third-order valence-electron chi connectivity index (χ3n) is 9.44. The standard InChI is InChI=1S/C43H28N4/c1-3-13-30(14-4-1)46-40-22-12-9-19-35(40)36-27-42-37(28-41(36)46)44-43(47(42)31-15-5-2-6-16-31)29-23-25-32(26-24-29)45-38-20-10-7-17-33(38)34-18-8-11-21-39(34)45/h1-28H. The van der Waals surface area contributed by atoms with Gasteiger partial charge in [-0.05, 0) is 78.9 Å². The van der Waals surface area contributed by atoms with Crippen LogP contribution in [0.5, 0.6) is 0 Å². The second-order valence-corrected chi connectivity index (χ2v) is 12.1. The normalized spacial score (nSPS) is 11.8. The van der Waals surface area contributed by atoms with Crippen LogP contribution < -0.4 is 0 Å². The molecule has 0 unspecified atom stereocenters. The quantitative estimate of drug-likeness (QED) is 0.197. The lowest BCUT2D eigenvalue weighted by Gasteiger charge is -2.12. The molecule has 0 atom stereocenters. The number of aromatic nitrogens is 4. The number of nitrogens with zero attached hydrogens (tertiary/aromatic N) is 4. The van der Waals surface area contributed by atoms with Gasteiger partial charge in [0.1, 0.15) is 5.82 Å². The van der Waals surface area contributed by atoms with Crippen molar-refractivity contribution in [1.82, 2.24) is 18.7 Å². The first-order valence-electron chi connectivity index (χ1n) is 16.0. The van der Waals surface area contributed by atoms with Crippen LogP contribution in [0.4, 0.5) is 0 Å². The van der Waals surface area contributed by atoms with Crippen LogP contribution in [0.15, 0.2) is 170 Å². The van der Waals surface area contributed by atoms with E-state index in [0.29, 0.717) is 0 Å². The molecule has 4 nitrogen and oxygen atoms in total. The van der Waals surface area contributed by atoms with E-state index in [1.165, 1.54) is 38.1 Å². The van der Waals surface area contributed by atoms with E-state index < -0.39 is 0 Å². The third-order valence-corrected chi connectivity index (χ3v) is 9.44. The number of para-hydroxylation sites is 5. The Hall–Kier alpha value is -6.39. The molecular formula is C43H28N4. The van der Waals surface area contributed by atoms with E-state index in [4.69, 9.17) is 4.98 Å². The highest BCUT2D eigenvalue weighted by Gasteiger charge is 2.20. The molecule has 3 aromatic heterocycles.